The number of halogens is 2. The number of rotatable bonds is 4. The topological polar surface area (TPSA) is 67.2 Å². The molecule has 0 spiro atoms. The van der Waals surface area contributed by atoms with Crippen LogP contribution in [0.2, 0.25) is 10.0 Å². The van der Waals surface area contributed by atoms with Crippen LogP contribution < -0.4 is 15.9 Å². The Morgan fingerprint density at radius 3 is 2.96 bits per heavy atom. The van der Waals surface area contributed by atoms with Gasteiger partial charge in [-0.05, 0) is 30.7 Å². The van der Waals surface area contributed by atoms with Crippen LogP contribution in [0.1, 0.15) is 6.42 Å². The number of hydrogen-bond acceptors (Lipinski definition) is 4. The van der Waals surface area contributed by atoms with Gasteiger partial charge in [0, 0.05) is 36.5 Å². The van der Waals surface area contributed by atoms with Crippen molar-refractivity contribution in [3.8, 4) is 0 Å². The third-order valence-electron chi connectivity index (χ3n) is 3.90. The fourth-order valence-corrected chi connectivity index (χ4v) is 3.30. The Labute approximate surface area is 149 Å². The first-order valence-corrected chi connectivity index (χ1v) is 8.29. The van der Waals surface area contributed by atoms with Gasteiger partial charge >= 0.3 is 5.69 Å². The van der Waals surface area contributed by atoms with Crippen molar-refractivity contribution in [2.45, 2.75) is 19.0 Å². The lowest BCUT2D eigenvalue weighted by Gasteiger charge is -2.20. The van der Waals surface area contributed by atoms with Crippen LogP contribution in [-0.2, 0) is 11.3 Å². The number of hydrogen-bond donors (Lipinski definition) is 1. The summed E-state index contributed by atoms with van der Waals surface area (Å²) in [6, 6.07) is 7.01. The number of carbonyl (C=O) groups excluding carboxylic acids is 1. The first-order valence-electron chi connectivity index (χ1n) is 7.54. The molecule has 1 amide bonds. The van der Waals surface area contributed by atoms with Gasteiger partial charge in [0.05, 0.1) is 10.7 Å². The first kappa shape index (κ1) is 16.8. The van der Waals surface area contributed by atoms with Gasteiger partial charge < -0.3 is 10.2 Å². The van der Waals surface area contributed by atoms with E-state index < -0.39 is 5.69 Å². The highest BCUT2D eigenvalue weighted by Gasteiger charge is 2.25. The molecule has 3 rings (SSSR count). The van der Waals surface area contributed by atoms with Crippen molar-refractivity contribution in [2.24, 2.45) is 0 Å². The molecule has 8 heteroatoms. The molecule has 1 saturated heterocycles. The predicted molar refractivity (Wildman–Crippen MR) is 93.7 cm³/mol. The Morgan fingerprint density at radius 1 is 1.38 bits per heavy atom. The molecule has 1 aromatic carbocycles. The van der Waals surface area contributed by atoms with Crippen molar-refractivity contribution in [3.63, 3.8) is 0 Å². The summed E-state index contributed by atoms with van der Waals surface area (Å²) < 4.78 is 1.28. The number of amides is 1. The van der Waals surface area contributed by atoms with E-state index in [4.69, 9.17) is 23.2 Å². The SMILES string of the molecule is O=C(Cn1cccnc1=O)NC1CCN(c2ccc(Cl)cc2Cl)C1. The second kappa shape index (κ2) is 7.23. The number of anilines is 1. The van der Waals surface area contributed by atoms with Crippen molar-refractivity contribution in [3.05, 3.63) is 57.2 Å². The lowest BCUT2D eigenvalue weighted by molar-refractivity contribution is -0.122. The summed E-state index contributed by atoms with van der Waals surface area (Å²) in [5, 5.41) is 4.13. The van der Waals surface area contributed by atoms with E-state index in [0.29, 0.717) is 16.6 Å². The third kappa shape index (κ3) is 3.88. The monoisotopic (exact) mass is 366 g/mol. The number of aromatic nitrogens is 2. The van der Waals surface area contributed by atoms with Gasteiger partial charge in [0.25, 0.3) is 0 Å². The highest BCUT2D eigenvalue weighted by atomic mass is 35.5. The van der Waals surface area contributed by atoms with E-state index >= 15 is 0 Å². The van der Waals surface area contributed by atoms with Crippen LogP contribution in [0.15, 0.2) is 41.5 Å². The van der Waals surface area contributed by atoms with E-state index in [-0.39, 0.29) is 18.5 Å². The lowest BCUT2D eigenvalue weighted by atomic mass is 10.2. The number of benzene rings is 1. The van der Waals surface area contributed by atoms with E-state index in [1.165, 1.54) is 10.8 Å². The predicted octanol–water partition coefficient (Wildman–Crippen LogP) is 1.95. The molecule has 1 atom stereocenters. The second-order valence-corrected chi connectivity index (χ2v) is 6.47. The Balaban J connectivity index is 1.59. The van der Waals surface area contributed by atoms with Gasteiger partial charge in [-0.15, -0.1) is 0 Å². The summed E-state index contributed by atoms with van der Waals surface area (Å²) in [6.07, 6.45) is 3.76. The van der Waals surface area contributed by atoms with E-state index in [1.807, 2.05) is 6.07 Å². The lowest BCUT2D eigenvalue weighted by Crippen LogP contribution is -2.40. The van der Waals surface area contributed by atoms with E-state index in [0.717, 1.165) is 18.7 Å². The van der Waals surface area contributed by atoms with Crippen LogP contribution in [0.25, 0.3) is 0 Å². The van der Waals surface area contributed by atoms with E-state index in [1.54, 1.807) is 24.4 Å². The molecule has 0 aliphatic carbocycles. The zero-order valence-corrected chi connectivity index (χ0v) is 14.3. The number of nitrogens with zero attached hydrogens (tertiary/aromatic N) is 3. The van der Waals surface area contributed by atoms with Crippen molar-refractivity contribution in [2.75, 3.05) is 18.0 Å². The number of carbonyl (C=O) groups is 1. The first-order chi connectivity index (χ1) is 11.5. The molecule has 0 saturated carbocycles. The van der Waals surface area contributed by atoms with Gasteiger partial charge in [-0.1, -0.05) is 23.2 Å². The molecule has 126 valence electrons. The van der Waals surface area contributed by atoms with Crippen LogP contribution in [0.3, 0.4) is 0 Å². The zero-order chi connectivity index (χ0) is 17.1. The molecule has 0 bridgehead atoms. The Morgan fingerprint density at radius 2 is 2.21 bits per heavy atom. The summed E-state index contributed by atoms with van der Waals surface area (Å²) in [7, 11) is 0. The normalized spacial score (nSPS) is 17.1. The van der Waals surface area contributed by atoms with Gasteiger partial charge in [0.1, 0.15) is 6.54 Å². The molecule has 6 nitrogen and oxygen atoms in total. The zero-order valence-electron chi connectivity index (χ0n) is 12.8. The van der Waals surface area contributed by atoms with Crippen LogP contribution >= 0.6 is 23.2 Å². The van der Waals surface area contributed by atoms with Gasteiger partial charge in [-0.3, -0.25) is 9.36 Å². The van der Waals surface area contributed by atoms with Crippen molar-refractivity contribution in [1.29, 1.82) is 0 Å². The molecular formula is C16H16Cl2N4O2. The number of nitrogens with one attached hydrogen (secondary N) is 1. The molecule has 1 fully saturated rings. The maximum absolute atomic E-state index is 12.1. The van der Waals surface area contributed by atoms with E-state index in [2.05, 4.69) is 15.2 Å². The molecule has 24 heavy (non-hydrogen) atoms. The minimum Gasteiger partial charge on any atom is -0.368 e. The fraction of sp³-hybridized carbons (Fsp3) is 0.312. The molecular weight excluding hydrogens is 351 g/mol. The van der Waals surface area contributed by atoms with Gasteiger partial charge in [0.15, 0.2) is 0 Å². The van der Waals surface area contributed by atoms with E-state index in [9.17, 15) is 9.59 Å². The second-order valence-electron chi connectivity index (χ2n) is 5.63. The van der Waals surface area contributed by atoms with Crippen LogP contribution in [0, 0.1) is 0 Å². The Bertz CT molecular complexity index is 809. The molecule has 1 aromatic heterocycles. The molecule has 2 aromatic rings. The summed E-state index contributed by atoms with van der Waals surface area (Å²) in [5.41, 5.74) is 0.468. The van der Waals surface area contributed by atoms with Crippen LogP contribution in [-0.4, -0.2) is 34.6 Å². The highest BCUT2D eigenvalue weighted by molar-refractivity contribution is 6.36. The molecule has 1 unspecified atom stereocenters. The Kier molecular flexibility index (Phi) is 5.06. The van der Waals surface area contributed by atoms with Crippen molar-refractivity contribution in [1.82, 2.24) is 14.9 Å². The summed E-state index contributed by atoms with van der Waals surface area (Å²) in [6.45, 7) is 1.42. The average molecular weight is 367 g/mol. The Hall–Kier alpha value is -2.05. The standard InChI is InChI=1S/C16H16Cl2N4O2/c17-11-2-3-14(13(18)8-11)21-7-4-12(9-21)20-15(23)10-22-6-1-5-19-16(22)24/h1-3,5-6,8,12H,4,7,9-10H2,(H,20,23). The minimum absolute atomic E-state index is 0.0108. The minimum atomic E-state index is -0.436. The summed E-state index contributed by atoms with van der Waals surface area (Å²) in [5.74, 6) is -0.209. The van der Waals surface area contributed by atoms with Gasteiger partial charge in [-0.25, -0.2) is 9.78 Å². The molecule has 2 heterocycles. The summed E-state index contributed by atoms with van der Waals surface area (Å²) >= 11 is 12.1. The quantitative estimate of drug-likeness (QED) is 0.897. The highest BCUT2D eigenvalue weighted by Crippen LogP contribution is 2.31. The average Bonchev–Trinajstić information content (AvgIpc) is 2.97. The largest absolute Gasteiger partial charge is 0.368 e. The molecule has 1 aliphatic rings. The molecule has 1 aliphatic heterocycles. The fourth-order valence-electron chi connectivity index (χ4n) is 2.77. The van der Waals surface area contributed by atoms with Crippen LogP contribution in [0.4, 0.5) is 5.69 Å². The van der Waals surface area contributed by atoms with Gasteiger partial charge in [-0.2, -0.15) is 0 Å². The smallest absolute Gasteiger partial charge is 0.347 e. The van der Waals surface area contributed by atoms with Gasteiger partial charge in [0.2, 0.25) is 5.91 Å². The van der Waals surface area contributed by atoms with Crippen molar-refractivity contribution < 1.29 is 4.79 Å². The molecule has 1 N–H and O–H groups in total. The molecule has 0 radical (unpaired) electrons. The van der Waals surface area contributed by atoms with Crippen LogP contribution in [0.5, 0.6) is 0 Å². The maximum atomic E-state index is 12.1. The van der Waals surface area contributed by atoms with Crippen molar-refractivity contribution >= 4 is 34.8 Å². The third-order valence-corrected chi connectivity index (χ3v) is 4.44. The maximum Gasteiger partial charge on any atom is 0.347 e. The summed E-state index contributed by atoms with van der Waals surface area (Å²) in [4.78, 5) is 29.4.